The van der Waals surface area contributed by atoms with Crippen LogP contribution in [0.4, 0.5) is 0 Å². The Balaban J connectivity index is 2.29. The lowest BCUT2D eigenvalue weighted by Gasteiger charge is -2.13. The van der Waals surface area contributed by atoms with Gasteiger partial charge in [0.25, 0.3) is 0 Å². The molecule has 106 valence electrons. The summed E-state index contributed by atoms with van der Waals surface area (Å²) < 4.78 is 5.62. The highest BCUT2D eigenvalue weighted by molar-refractivity contribution is 6.36. The van der Waals surface area contributed by atoms with Crippen LogP contribution in [-0.4, -0.2) is 16.7 Å². The monoisotopic (exact) mass is 299 g/mol. The number of pyridine rings is 1. The Kier molecular flexibility index (Phi) is 3.67. The maximum atomic E-state index is 10.5. The maximum absolute atomic E-state index is 10.5. The number of halogens is 1. The molecule has 21 heavy (non-hydrogen) atoms. The van der Waals surface area contributed by atoms with Gasteiger partial charge >= 0.3 is 0 Å². The summed E-state index contributed by atoms with van der Waals surface area (Å²) in [7, 11) is 0. The second-order valence-electron chi connectivity index (χ2n) is 4.58. The van der Waals surface area contributed by atoms with Crippen LogP contribution in [0.5, 0.6) is 11.5 Å². The van der Waals surface area contributed by atoms with Gasteiger partial charge in [-0.2, -0.15) is 0 Å². The second-order valence-corrected chi connectivity index (χ2v) is 4.99. The van der Waals surface area contributed by atoms with Crippen LogP contribution in [0.1, 0.15) is 6.92 Å². The number of rotatable bonds is 3. The van der Waals surface area contributed by atoms with Crippen LogP contribution >= 0.6 is 11.6 Å². The number of aromatic nitrogens is 1. The molecule has 2 aromatic carbocycles. The lowest BCUT2D eigenvalue weighted by molar-refractivity contribution is 0.341. The largest absolute Gasteiger partial charge is 0.505 e. The zero-order valence-corrected chi connectivity index (χ0v) is 12.3. The molecule has 1 N–H and O–H groups in total. The van der Waals surface area contributed by atoms with E-state index in [1.165, 1.54) is 0 Å². The third-order valence-electron chi connectivity index (χ3n) is 3.29. The number of para-hydroxylation sites is 1. The van der Waals surface area contributed by atoms with Crippen molar-refractivity contribution >= 4 is 22.5 Å². The quantitative estimate of drug-likeness (QED) is 0.765. The number of hydrogen-bond acceptors (Lipinski definition) is 3. The summed E-state index contributed by atoms with van der Waals surface area (Å²) in [6.07, 6.45) is 1.64. The first-order chi connectivity index (χ1) is 10.2. The molecule has 4 heteroatoms. The van der Waals surface area contributed by atoms with E-state index in [0.29, 0.717) is 28.5 Å². The Morgan fingerprint density at radius 3 is 2.76 bits per heavy atom. The van der Waals surface area contributed by atoms with Gasteiger partial charge in [0.1, 0.15) is 17.0 Å². The third kappa shape index (κ3) is 2.41. The molecule has 0 saturated carbocycles. The summed E-state index contributed by atoms with van der Waals surface area (Å²) in [5.41, 5.74) is 1.91. The SMILES string of the molecule is CCOc1ccccc1-c1cc(Cl)c2cccnc2c1O. The van der Waals surface area contributed by atoms with Crippen molar-refractivity contribution in [2.45, 2.75) is 6.92 Å². The number of benzene rings is 2. The minimum atomic E-state index is 0.113. The highest BCUT2D eigenvalue weighted by Gasteiger charge is 2.15. The van der Waals surface area contributed by atoms with E-state index in [2.05, 4.69) is 4.98 Å². The molecule has 0 atom stereocenters. The van der Waals surface area contributed by atoms with Gasteiger partial charge in [-0.05, 0) is 31.2 Å². The Bertz CT molecular complexity index is 802. The van der Waals surface area contributed by atoms with Gasteiger partial charge in [0.2, 0.25) is 0 Å². The fourth-order valence-corrected chi connectivity index (χ4v) is 2.62. The Hall–Kier alpha value is -2.26. The Morgan fingerprint density at radius 2 is 1.95 bits per heavy atom. The molecule has 0 radical (unpaired) electrons. The zero-order chi connectivity index (χ0) is 14.8. The first-order valence-corrected chi connectivity index (χ1v) is 7.08. The van der Waals surface area contributed by atoms with Crippen LogP contribution < -0.4 is 4.74 Å². The maximum Gasteiger partial charge on any atom is 0.149 e. The molecular weight excluding hydrogens is 286 g/mol. The Morgan fingerprint density at radius 1 is 1.14 bits per heavy atom. The molecule has 0 saturated heterocycles. The van der Waals surface area contributed by atoms with Gasteiger partial charge in [0.15, 0.2) is 0 Å². The molecule has 3 rings (SSSR count). The van der Waals surface area contributed by atoms with Crippen molar-refractivity contribution in [2.24, 2.45) is 0 Å². The molecule has 0 spiro atoms. The molecule has 0 aliphatic carbocycles. The van der Waals surface area contributed by atoms with E-state index in [1.807, 2.05) is 37.3 Å². The smallest absolute Gasteiger partial charge is 0.149 e. The van der Waals surface area contributed by atoms with Gasteiger partial charge in [-0.3, -0.25) is 4.98 Å². The normalized spacial score (nSPS) is 10.8. The molecule has 0 bridgehead atoms. The summed E-state index contributed by atoms with van der Waals surface area (Å²) in [5, 5.41) is 11.8. The lowest BCUT2D eigenvalue weighted by Crippen LogP contribution is -1.94. The summed E-state index contributed by atoms with van der Waals surface area (Å²) in [4.78, 5) is 4.23. The topological polar surface area (TPSA) is 42.4 Å². The average Bonchev–Trinajstić information content (AvgIpc) is 2.52. The van der Waals surface area contributed by atoms with Crippen LogP contribution in [0.2, 0.25) is 5.02 Å². The predicted molar refractivity (Wildman–Crippen MR) is 85.0 cm³/mol. The van der Waals surface area contributed by atoms with Gasteiger partial charge in [0, 0.05) is 22.7 Å². The van der Waals surface area contributed by atoms with E-state index in [1.54, 1.807) is 18.3 Å². The van der Waals surface area contributed by atoms with Gasteiger partial charge in [0.05, 0.1) is 11.6 Å². The van der Waals surface area contributed by atoms with Gasteiger partial charge in [-0.15, -0.1) is 0 Å². The lowest BCUT2D eigenvalue weighted by atomic mass is 10.0. The van der Waals surface area contributed by atoms with Crippen LogP contribution in [0.3, 0.4) is 0 Å². The minimum absolute atomic E-state index is 0.113. The summed E-state index contributed by atoms with van der Waals surface area (Å²) in [6, 6.07) is 12.9. The molecular formula is C17H14ClNO2. The first-order valence-electron chi connectivity index (χ1n) is 6.70. The van der Waals surface area contributed by atoms with Crippen LogP contribution in [-0.2, 0) is 0 Å². The molecule has 0 aliphatic rings. The summed E-state index contributed by atoms with van der Waals surface area (Å²) in [6.45, 7) is 2.48. The Labute approximate surface area is 127 Å². The van der Waals surface area contributed by atoms with E-state index in [9.17, 15) is 5.11 Å². The van der Waals surface area contributed by atoms with Crippen molar-refractivity contribution in [1.29, 1.82) is 0 Å². The summed E-state index contributed by atoms with van der Waals surface area (Å²) in [5.74, 6) is 0.823. The van der Waals surface area contributed by atoms with Gasteiger partial charge in [-0.25, -0.2) is 0 Å². The fraction of sp³-hybridized carbons (Fsp3) is 0.118. The highest BCUT2D eigenvalue weighted by atomic mass is 35.5. The average molecular weight is 300 g/mol. The second kappa shape index (κ2) is 5.62. The molecule has 1 heterocycles. The highest BCUT2D eigenvalue weighted by Crippen LogP contribution is 2.42. The summed E-state index contributed by atoms with van der Waals surface area (Å²) >= 11 is 6.32. The van der Waals surface area contributed by atoms with E-state index < -0.39 is 0 Å². The standard InChI is InChI=1S/C17H14ClNO2/c1-2-21-15-8-4-3-6-11(15)13-10-14(18)12-7-5-9-19-16(12)17(13)20/h3-10,20H,2H2,1H3. The molecule has 0 fully saturated rings. The molecule has 1 aromatic heterocycles. The number of phenols is 1. The zero-order valence-electron chi connectivity index (χ0n) is 11.5. The number of phenolic OH excluding ortho intramolecular Hbond substituents is 1. The van der Waals surface area contributed by atoms with E-state index in [-0.39, 0.29) is 5.75 Å². The van der Waals surface area contributed by atoms with Crippen molar-refractivity contribution in [3.63, 3.8) is 0 Å². The predicted octanol–water partition coefficient (Wildman–Crippen LogP) is 4.66. The molecule has 0 aliphatic heterocycles. The van der Waals surface area contributed by atoms with Crippen molar-refractivity contribution in [1.82, 2.24) is 4.98 Å². The number of fused-ring (bicyclic) bond motifs is 1. The van der Waals surface area contributed by atoms with E-state index >= 15 is 0 Å². The van der Waals surface area contributed by atoms with E-state index in [4.69, 9.17) is 16.3 Å². The van der Waals surface area contributed by atoms with Crippen LogP contribution in [0.25, 0.3) is 22.0 Å². The van der Waals surface area contributed by atoms with Crippen molar-refractivity contribution in [3.05, 3.63) is 53.7 Å². The van der Waals surface area contributed by atoms with Crippen LogP contribution in [0.15, 0.2) is 48.7 Å². The number of nitrogens with zero attached hydrogens (tertiary/aromatic N) is 1. The van der Waals surface area contributed by atoms with Crippen molar-refractivity contribution in [2.75, 3.05) is 6.61 Å². The van der Waals surface area contributed by atoms with E-state index in [0.717, 1.165) is 10.9 Å². The first kappa shape index (κ1) is 13.7. The van der Waals surface area contributed by atoms with Crippen molar-refractivity contribution in [3.8, 4) is 22.6 Å². The fourth-order valence-electron chi connectivity index (χ4n) is 2.36. The van der Waals surface area contributed by atoms with Crippen LogP contribution in [0, 0.1) is 0 Å². The minimum Gasteiger partial charge on any atom is -0.505 e. The molecule has 3 aromatic rings. The number of hydrogen-bond donors (Lipinski definition) is 1. The molecule has 0 unspecified atom stereocenters. The number of aromatic hydroxyl groups is 1. The number of ether oxygens (including phenoxy) is 1. The molecule has 0 amide bonds. The third-order valence-corrected chi connectivity index (χ3v) is 3.61. The van der Waals surface area contributed by atoms with Crippen molar-refractivity contribution < 1.29 is 9.84 Å². The molecule has 3 nitrogen and oxygen atoms in total. The van der Waals surface area contributed by atoms with Gasteiger partial charge < -0.3 is 9.84 Å². The van der Waals surface area contributed by atoms with Gasteiger partial charge in [-0.1, -0.05) is 29.8 Å².